The quantitative estimate of drug-likeness (QED) is 0.567. The van der Waals surface area contributed by atoms with Gasteiger partial charge >= 0.3 is 0 Å². The molecule has 0 N–H and O–H groups in total. The van der Waals surface area contributed by atoms with Crippen molar-refractivity contribution in [2.24, 2.45) is 5.92 Å². The van der Waals surface area contributed by atoms with Gasteiger partial charge in [0.2, 0.25) is 0 Å². The van der Waals surface area contributed by atoms with Crippen LogP contribution in [-0.4, -0.2) is 18.0 Å². The van der Waals surface area contributed by atoms with Gasteiger partial charge in [-0.3, -0.25) is 4.90 Å². The topological polar surface area (TPSA) is 27.0 Å². The van der Waals surface area contributed by atoms with Gasteiger partial charge in [0.1, 0.15) is 11.6 Å². The summed E-state index contributed by atoms with van der Waals surface area (Å²) >= 11 is 0. The van der Waals surface area contributed by atoms with Crippen molar-refractivity contribution >= 4 is 0 Å². The van der Waals surface area contributed by atoms with Gasteiger partial charge in [0.15, 0.2) is 0 Å². The smallest absolute Gasteiger partial charge is 0.130 e. The lowest BCUT2D eigenvalue weighted by molar-refractivity contribution is 0.251. The molecule has 1 unspecified atom stereocenters. The van der Waals surface area contributed by atoms with Crippen LogP contribution in [0.5, 0.6) is 0 Å². The summed E-state index contributed by atoms with van der Waals surface area (Å²) < 4.78 is 28.9. The molecule has 1 atom stereocenters. The zero-order chi connectivity index (χ0) is 19.9. The van der Waals surface area contributed by atoms with Crippen LogP contribution in [0, 0.1) is 28.9 Å². The highest BCUT2D eigenvalue weighted by Gasteiger charge is 2.40. The fourth-order valence-electron chi connectivity index (χ4n) is 3.64. The highest BCUT2D eigenvalue weighted by Crippen LogP contribution is 2.39. The van der Waals surface area contributed by atoms with Crippen LogP contribution in [0.1, 0.15) is 44.7 Å². The van der Waals surface area contributed by atoms with Gasteiger partial charge in [0.25, 0.3) is 0 Å². The summed E-state index contributed by atoms with van der Waals surface area (Å²) in [5.74, 6) is -1.47. The Morgan fingerprint density at radius 2 is 1.67 bits per heavy atom. The van der Waals surface area contributed by atoms with E-state index < -0.39 is 17.0 Å². The molecule has 0 saturated heterocycles. The van der Waals surface area contributed by atoms with Gasteiger partial charge in [-0.25, -0.2) is 8.78 Å². The minimum absolute atomic E-state index is 0.0893. The Kier molecular flexibility index (Phi) is 7.50. The van der Waals surface area contributed by atoms with Gasteiger partial charge in [0, 0.05) is 12.1 Å². The van der Waals surface area contributed by atoms with Crippen LogP contribution in [-0.2, 0) is 12.0 Å². The Balaban J connectivity index is 2.14. The molecule has 0 spiro atoms. The summed E-state index contributed by atoms with van der Waals surface area (Å²) in [6.45, 7) is 8.29. The standard InChI is InChI=1S/C23H28F2N2/c1-4-27(16-19-10-6-5-7-11-19)15-9-14-23(17-26,18(2)3)22-20(24)12-8-13-21(22)25/h5-8,10-13,18H,4,9,14-16H2,1-3H3. The third kappa shape index (κ3) is 4.93. The Labute approximate surface area is 161 Å². The first-order valence-electron chi connectivity index (χ1n) is 9.56. The van der Waals surface area contributed by atoms with E-state index in [4.69, 9.17) is 0 Å². The summed E-state index contributed by atoms with van der Waals surface area (Å²) in [4.78, 5) is 2.29. The lowest BCUT2D eigenvalue weighted by Gasteiger charge is -2.33. The molecule has 0 saturated carbocycles. The molecule has 27 heavy (non-hydrogen) atoms. The normalized spacial score (nSPS) is 13.6. The molecule has 2 aromatic carbocycles. The van der Waals surface area contributed by atoms with Crippen LogP contribution in [0.2, 0.25) is 0 Å². The van der Waals surface area contributed by atoms with Crippen molar-refractivity contribution in [1.82, 2.24) is 4.90 Å². The van der Waals surface area contributed by atoms with E-state index in [0.717, 1.165) is 19.6 Å². The third-order valence-electron chi connectivity index (χ3n) is 5.34. The third-order valence-corrected chi connectivity index (χ3v) is 5.34. The van der Waals surface area contributed by atoms with E-state index in [-0.39, 0.29) is 11.5 Å². The first-order chi connectivity index (χ1) is 12.9. The van der Waals surface area contributed by atoms with Crippen LogP contribution < -0.4 is 0 Å². The predicted octanol–water partition coefficient (Wildman–Crippen LogP) is 5.68. The molecule has 0 aliphatic rings. The number of halogens is 2. The Morgan fingerprint density at radius 3 is 2.19 bits per heavy atom. The lowest BCUT2D eigenvalue weighted by Crippen LogP contribution is -2.34. The van der Waals surface area contributed by atoms with Crippen molar-refractivity contribution in [2.45, 2.75) is 45.6 Å². The van der Waals surface area contributed by atoms with Gasteiger partial charge in [-0.15, -0.1) is 0 Å². The summed E-state index contributed by atoms with van der Waals surface area (Å²) in [5.41, 5.74) is -0.0230. The summed E-state index contributed by atoms with van der Waals surface area (Å²) in [5, 5.41) is 9.91. The maximum absolute atomic E-state index is 14.4. The van der Waals surface area contributed by atoms with Crippen molar-refractivity contribution < 1.29 is 8.78 Å². The van der Waals surface area contributed by atoms with Crippen LogP contribution in [0.4, 0.5) is 8.78 Å². The van der Waals surface area contributed by atoms with E-state index in [1.165, 1.54) is 23.8 Å². The summed E-state index contributed by atoms with van der Waals surface area (Å²) in [6.07, 6.45) is 1.12. The molecule has 0 aliphatic heterocycles. The van der Waals surface area contributed by atoms with Crippen LogP contribution in [0.25, 0.3) is 0 Å². The second kappa shape index (κ2) is 9.62. The van der Waals surface area contributed by atoms with Crippen molar-refractivity contribution in [3.8, 4) is 6.07 Å². The van der Waals surface area contributed by atoms with Crippen LogP contribution >= 0.6 is 0 Å². The molecular formula is C23H28F2N2. The predicted molar refractivity (Wildman–Crippen MR) is 105 cm³/mol. The lowest BCUT2D eigenvalue weighted by atomic mass is 9.69. The van der Waals surface area contributed by atoms with Gasteiger partial charge in [0.05, 0.1) is 11.5 Å². The van der Waals surface area contributed by atoms with E-state index in [1.54, 1.807) is 0 Å². The first-order valence-corrected chi connectivity index (χ1v) is 9.56. The molecule has 2 rings (SSSR count). The number of rotatable bonds is 9. The monoisotopic (exact) mass is 370 g/mol. The van der Waals surface area contributed by atoms with E-state index in [2.05, 4.69) is 30.0 Å². The van der Waals surface area contributed by atoms with Gasteiger partial charge in [-0.1, -0.05) is 57.2 Å². The van der Waals surface area contributed by atoms with Crippen molar-refractivity contribution in [2.75, 3.05) is 13.1 Å². The molecule has 0 radical (unpaired) electrons. The fraction of sp³-hybridized carbons (Fsp3) is 0.435. The highest BCUT2D eigenvalue weighted by molar-refractivity contribution is 5.36. The average Bonchev–Trinajstić information content (AvgIpc) is 2.66. The maximum Gasteiger partial charge on any atom is 0.130 e. The van der Waals surface area contributed by atoms with E-state index in [0.29, 0.717) is 12.8 Å². The van der Waals surface area contributed by atoms with Gasteiger partial charge in [-0.05, 0) is 49.5 Å². The molecular weight excluding hydrogens is 342 g/mol. The van der Waals surface area contributed by atoms with Crippen molar-refractivity contribution in [3.63, 3.8) is 0 Å². The molecule has 144 valence electrons. The molecule has 0 fully saturated rings. The molecule has 4 heteroatoms. The van der Waals surface area contributed by atoms with Crippen molar-refractivity contribution in [3.05, 3.63) is 71.3 Å². The van der Waals surface area contributed by atoms with Gasteiger partial charge in [-0.2, -0.15) is 5.26 Å². The Morgan fingerprint density at radius 1 is 1.04 bits per heavy atom. The first kappa shape index (κ1) is 21.1. The molecule has 0 bridgehead atoms. The summed E-state index contributed by atoms with van der Waals surface area (Å²) in [6, 6.07) is 16.3. The minimum Gasteiger partial charge on any atom is -0.299 e. The number of nitriles is 1. The van der Waals surface area contributed by atoms with Crippen molar-refractivity contribution in [1.29, 1.82) is 5.26 Å². The number of nitrogens with zero attached hydrogens (tertiary/aromatic N) is 2. The molecule has 0 amide bonds. The highest BCUT2D eigenvalue weighted by atomic mass is 19.1. The minimum atomic E-state index is -1.17. The number of hydrogen-bond acceptors (Lipinski definition) is 2. The molecule has 0 heterocycles. The molecule has 2 nitrogen and oxygen atoms in total. The molecule has 2 aromatic rings. The molecule has 0 aliphatic carbocycles. The number of benzene rings is 2. The zero-order valence-corrected chi connectivity index (χ0v) is 16.4. The second-order valence-corrected chi connectivity index (χ2v) is 7.29. The van der Waals surface area contributed by atoms with E-state index >= 15 is 0 Å². The largest absolute Gasteiger partial charge is 0.299 e. The van der Waals surface area contributed by atoms with Gasteiger partial charge < -0.3 is 0 Å². The fourth-order valence-corrected chi connectivity index (χ4v) is 3.64. The Bertz CT molecular complexity index is 747. The Hall–Kier alpha value is -2.25. The van der Waals surface area contributed by atoms with Crippen LogP contribution in [0.3, 0.4) is 0 Å². The van der Waals surface area contributed by atoms with Crippen LogP contribution in [0.15, 0.2) is 48.5 Å². The van der Waals surface area contributed by atoms with E-state index in [9.17, 15) is 14.0 Å². The van der Waals surface area contributed by atoms with E-state index in [1.807, 2.05) is 32.0 Å². The SMILES string of the molecule is CCN(CCCC(C#N)(c1c(F)cccc1F)C(C)C)Cc1ccccc1. The second-order valence-electron chi connectivity index (χ2n) is 7.29. The maximum atomic E-state index is 14.4. The average molecular weight is 370 g/mol. The zero-order valence-electron chi connectivity index (χ0n) is 16.4. The number of hydrogen-bond donors (Lipinski definition) is 0. The summed E-state index contributed by atoms with van der Waals surface area (Å²) in [7, 11) is 0. The molecule has 0 aromatic heterocycles.